The summed E-state index contributed by atoms with van der Waals surface area (Å²) in [5, 5.41) is 0. The second kappa shape index (κ2) is 6.01. The Kier molecular flexibility index (Phi) is 4.30. The fourth-order valence-corrected chi connectivity index (χ4v) is 7.11. The van der Waals surface area contributed by atoms with Gasteiger partial charge in [0.15, 0.2) is 0 Å². The van der Waals surface area contributed by atoms with Crippen molar-refractivity contribution in [3.8, 4) is 0 Å². The van der Waals surface area contributed by atoms with E-state index < -0.39 is 21.0 Å². The molecule has 152 valence electrons. The van der Waals surface area contributed by atoms with Crippen molar-refractivity contribution in [2.45, 2.75) is 70.7 Å². The lowest BCUT2D eigenvalue weighted by atomic mass is 9.46. The first-order valence-electron chi connectivity index (χ1n) is 9.93. The molecular formula is C20H27F3O3S. The Bertz CT molecular complexity index is 798. The number of rotatable bonds is 2. The minimum Gasteiger partial charge on any atom is -0.380 e. The van der Waals surface area contributed by atoms with Crippen LogP contribution in [0.25, 0.3) is 0 Å². The SMILES string of the molecule is C[C@]12CCC3[C@@H](CC[C@H]4CCCC[C@]34C)C1=CC=C2OS(=O)(=O)C(F)(F)F. The van der Waals surface area contributed by atoms with Crippen LogP contribution in [0, 0.1) is 28.6 Å². The fraction of sp³-hybridized carbons (Fsp3) is 0.800. The van der Waals surface area contributed by atoms with Gasteiger partial charge in [0, 0.05) is 5.41 Å². The van der Waals surface area contributed by atoms with Crippen LogP contribution in [-0.4, -0.2) is 13.9 Å². The van der Waals surface area contributed by atoms with E-state index >= 15 is 0 Å². The lowest BCUT2D eigenvalue weighted by Crippen LogP contribution is -2.50. The molecule has 4 rings (SSSR count). The third-order valence-electron chi connectivity index (χ3n) is 8.04. The molecule has 3 saturated carbocycles. The zero-order chi connectivity index (χ0) is 19.7. The summed E-state index contributed by atoms with van der Waals surface area (Å²) in [6.07, 6.45) is 12.1. The number of halogens is 3. The lowest BCUT2D eigenvalue weighted by Gasteiger charge is -2.58. The minimum atomic E-state index is -5.63. The Morgan fingerprint density at radius 3 is 2.48 bits per heavy atom. The Morgan fingerprint density at radius 2 is 1.78 bits per heavy atom. The maximum Gasteiger partial charge on any atom is 0.534 e. The molecule has 4 aliphatic rings. The third kappa shape index (κ3) is 2.78. The summed E-state index contributed by atoms with van der Waals surface area (Å²) in [6, 6.07) is 0. The van der Waals surface area contributed by atoms with Gasteiger partial charge in [-0.15, -0.1) is 0 Å². The van der Waals surface area contributed by atoms with Crippen molar-refractivity contribution in [1.82, 2.24) is 0 Å². The molecule has 0 heterocycles. The van der Waals surface area contributed by atoms with Crippen LogP contribution in [0.4, 0.5) is 13.2 Å². The lowest BCUT2D eigenvalue weighted by molar-refractivity contribution is -0.0576. The van der Waals surface area contributed by atoms with E-state index in [-0.39, 0.29) is 5.76 Å². The van der Waals surface area contributed by atoms with Crippen LogP contribution in [-0.2, 0) is 14.3 Å². The van der Waals surface area contributed by atoms with Crippen molar-refractivity contribution < 1.29 is 25.8 Å². The molecule has 0 saturated heterocycles. The van der Waals surface area contributed by atoms with E-state index in [2.05, 4.69) is 11.1 Å². The van der Waals surface area contributed by atoms with E-state index in [0.717, 1.165) is 30.8 Å². The van der Waals surface area contributed by atoms with Gasteiger partial charge in [0.1, 0.15) is 5.76 Å². The van der Waals surface area contributed by atoms with Gasteiger partial charge in [0.25, 0.3) is 0 Å². The zero-order valence-electron chi connectivity index (χ0n) is 15.8. The summed E-state index contributed by atoms with van der Waals surface area (Å²) in [4.78, 5) is 0. The Hall–Kier alpha value is -0.980. The fourth-order valence-electron chi connectivity index (χ4n) is 6.54. The molecule has 0 aliphatic heterocycles. The smallest absolute Gasteiger partial charge is 0.380 e. The highest BCUT2D eigenvalue weighted by atomic mass is 32.2. The van der Waals surface area contributed by atoms with Crippen LogP contribution in [0.3, 0.4) is 0 Å². The Balaban J connectivity index is 1.59. The largest absolute Gasteiger partial charge is 0.534 e. The molecule has 7 heteroatoms. The summed E-state index contributed by atoms with van der Waals surface area (Å²) in [5.74, 6) is 1.52. The molecule has 3 fully saturated rings. The van der Waals surface area contributed by atoms with Crippen LogP contribution in [0.5, 0.6) is 0 Å². The van der Waals surface area contributed by atoms with Gasteiger partial charge in [-0.1, -0.05) is 31.4 Å². The Morgan fingerprint density at radius 1 is 1.04 bits per heavy atom. The van der Waals surface area contributed by atoms with Gasteiger partial charge in [-0.25, -0.2) is 0 Å². The van der Waals surface area contributed by atoms with Gasteiger partial charge in [0.2, 0.25) is 0 Å². The predicted molar refractivity (Wildman–Crippen MR) is 95.8 cm³/mol. The monoisotopic (exact) mass is 404 g/mol. The van der Waals surface area contributed by atoms with Gasteiger partial charge in [-0.3, -0.25) is 0 Å². The standard InChI is InChI=1S/C20H27F3O3S/c1-18-11-4-3-5-13(18)6-7-14-15-8-9-17(19(15,2)12-10-16(14)18)26-27(24,25)20(21,22)23/h8-9,13-14,16H,3-7,10-12H2,1-2H3/t13-,14+,16?,18+,19+/m1/s1. The molecule has 1 unspecified atom stereocenters. The molecule has 0 spiro atoms. The third-order valence-corrected chi connectivity index (χ3v) is 9.01. The molecule has 0 bridgehead atoms. The van der Waals surface area contributed by atoms with E-state index in [1.807, 2.05) is 13.0 Å². The molecule has 0 radical (unpaired) electrons. The molecule has 0 aromatic heterocycles. The van der Waals surface area contributed by atoms with E-state index in [1.54, 1.807) is 0 Å². The van der Waals surface area contributed by atoms with Crippen molar-refractivity contribution in [1.29, 1.82) is 0 Å². The maximum absolute atomic E-state index is 12.8. The van der Waals surface area contributed by atoms with Crippen molar-refractivity contribution in [3.63, 3.8) is 0 Å². The van der Waals surface area contributed by atoms with Gasteiger partial charge in [-0.2, -0.15) is 21.6 Å². The highest BCUT2D eigenvalue weighted by molar-refractivity contribution is 7.87. The molecule has 0 N–H and O–H groups in total. The van der Waals surface area contributed by atoms with Crippen molar-refractivity contribution in [3.05, 3.63) is 23.5 Å². The number of allylic oxidation sites excluding steroid dienone is 3. The molecule has 0 aromatic rings. The van der Waals surface area contributed by atoms with Crippen molar-refractivity contribution in [2.24, 2.45) is 28.6 Å². The molecular weight excluding hydrogens is 377 g/mol. The zero-order valence-corrected chi connectivity index (χ0v) is 16.6. The normalized spacial score (nSPS) is 41.7. The molecule has 27 heavy (non-hydrogen) atoms. The topological polar surface area (TPSA) is 43.4 Å². The predicted octanol–water partition coefficient (Wildman–Crippen LogP) is 5.70. The molecule has 4 aliphatic carbocycles. The van der Waals surface area contributed by atoms with Gasteiger partial charge in [0.05, 0.1) is 0 Å². The maximum atomic E-state index is 12.8. The van der Waals surface area contributed by atoms with Crippen molar-refractivity contribution in [2.75, 3.05) is 0 Å². The van der Waals surface area contributed by atoms with Crippen LogP contribution < -0.4 is 0 Å². The van der Waals surface area contributed by atoms with Gasteiger partial charge in [-0.05, 0) is 74.7 Å². The van der Waals surface area contributed by atoms with Crippen molar-refractivity contribution >= 4 is 10.1 Å². The second-order valence-corrected chi connectivity index (χ2v) is 10.8. The van der Waals surface area contributed by atoms with E-state index in [4.69, 9.17) is 0 Å². The highest BCUT2D eigenvalue weighted by Gasteiger charge is 2.58. The summed E-state index contributed by atoms with van der Waals surface area (Å²) < 4.78 is 66.0. The number of alkyl halides is 3. The van der Waals surface area contributed by atoms with Crippen LogP contribution >= 0.6 is 0 Å². The molecule has 0 aromatic carbocycles. The molecule has 5 atom stereocenters. The summed E-state index contributed by atoms with van der Waals surface area (Å²) in [6.45, 7) is 4.25. The summed E-state index contributed by atoms with van der Waals surface area (Å²) >= 11 is 0. The summed E-state index contributed by atoms with van der Waals surface area (Å²) in [5.41, 5.74) is -4.77. The van der Waals surface area contributed by atoms with Gasteiger partial charge < -0.3 is 4.18 Å². The van der Waals surface area contributed by atoms with Gasteiger partial charge >= 0.3 is 15.6 Å². The first kappa shape index (κ1) is 19.3. The quantitative estimate of drug-likeness (QED) is 0.438. The first-order chi connectivity index (χ1) is 12.5. The minimum absolute atomic E-state index is 0.0656. The Labute approximate surface area is 159 Å². The molecule has 0 amide bonds. The van der Waals surface area contributed by atoms with Crippen LogP contribution in [0.2, 0.25) is 0 Å². The average molecular weight is 404 g/mol. The van der Waals surface area contributed by atoms with E-state index in [9.17, 15) is 21.6 Å². The highest BCUT2D eigenvalue weighted by Crippen LogP contribution is 2.65. The van der Waals surface area contributed by atoms with E-state index in [1.165, 1.54) is 31.8 Å². The average Bonchev–Trinajstić information content (AvgIpc) is 2.89. The number of fused-ring (bicyclic) bond motifs is 5. The first-order valence-corrected chi connectivity index (χ1v) is 11.3. The molecule has 3 nitrogen and oxygen atoms in total. The van der Waals surface area contributed by atoms with Crippen LogP contribution in [0.1, 0.15) is 65.2 Å². The van der Waals surface area contributed by atoms with E-state index in [0.29, 0.717) is 23.7 Å². The number of hydrogen-bond acceptors (Lipinski definition) is 3. The van der Waals surface area contributed by atoms with Crippen LogP contribution in [0.15, 0.2) is 23.5 Å². The summed E-state index contributed by atoms with van der Waals surface area (Å²) in [7, 11) is -5.63. The number of hydrogen-bond donors (Lipinski definition) is 0. The second-order valence-electron chi connectivity index (χ2n) is 9.25.